The van der Waals surface area contributed by atoms with Crippen molar-refractivity contribution in [3.05, 3.63) is 70.2 Å². The number of halogens is 1. The molecule has 34 heavy (non-hydrogen) atoms. The van der Waals surface area contributed by atoms with Gasteiger partial charge < -0.3 is 15.4 Å². The Hall–Kier alpha value is -3.43. The van der Waals surface area contributed by atoms with E-state index in [1.165, 1.54) is 11.3 Å². The number of amides is 3. The molecule has 178 valence electrons. The van der Waals surface area contributed by atoms with Crippen LogP contribution in [0.5, 0.6) is 0 Å². The van der Waals surface area contributed by atoms with Crippen molar-refractivity contribution in [3.63, 3.8) is 0 Å². The lowest BCUT2D eigenvalue weighted by atomic mass is 10.2. The fraction of sp³-hybridized carbons (Fsp3) is 0.250. The number of benzene rings is 2. The van der Waals surface area contributed by atoms with E-state index in [1.54, 1.807) is 53.9 Å². The number of thiazole rings is 1. The summed E-state index contributed by atoms with van der Waals surface area (Å²) < 4.78 is 5.17. The summed E-state index contributed by atoms with van der Waals surface area (Å²) in [5.41, 5.74) is 2.30. The summed E-state index contributed by atoms with van der Waals surface area (Å²) in [6.07, 6.45) is 2.42. The van der Waals surface area contributed by atoms with E-state index in [-0.39, 0.29) is 18.3 Å². The standard InChI is InChI=1S/C24H25ClN4O4S/c1-2-3-13-33-22(31)16-7-9-18(10-8-16)26-21(30)12-11-20-15-34-24(28-20)29-23(32)27-19-6-4-5-17(25)14-19/h4-10,14-15H,2-3,11-13H2,1H3,(H,26,30)(H2,27,28,29,32). The lowest BCUT2D eigenvalue weighted by Gasteiger charge is -2.07. The highest BCUT2D eigenvalue weighted by molar-refractivity contribution is 7.13. The number of carbonyl (C=O) groups is 3. The Bertz CT molecular complexity index is 1130. The van der Waals surface area contributed by atoms with Gasteiger partial charge in [0.1, 0.15) is 0 Å². The molecule has 3 rings (SSSR count). The van der Waals surface area contributed by atoms with Crippen LogP contribution in [-0.4, -0.2) is 29.5 Å². The Kier molecular flexibility index (Phi) is 9.42. The Morgan fingerprint density at radius 2 is 1.82 bits per heavy atom. The van der Waals surface area contributed by atoms with Gasteiger partial charge in [-0.25, -0.2) is 14.6 Å². The van der Waals surface area contributed by atoms with Gasteiger partial charge in [0, 0.05) is 28.2 Å². The SMILES string of the molecule is CCCCOC(=O)c1ccc(NC(=O)CCc2csc(NC(=O)Nc3cccc(Cl)c3)n2)cc1. The largest absolute Gasteiger partial charge is 0.462 e. The molecule has 0 atom stereocenters. The van der Waals surface area contributed by atoms with Gasteiger partial charge in [0.05, 0.1) is 17.9 Å². The highest BCUT2D eigenvalue weighted by atomic mass is 35.5. The molecule has 3 N–H and O–H groups in total. The normalized spacial score (nSPS) is 10.4. The summed E-state index contributed by atoms with van der Waals surface area (Å²) in [5, 5.41) is 10.9. The van der Waals surface area contributed by atoms with Gasteiger partial charge in [0.15, 0.2) is 5.13 Å². The number of unbranched alkanes of at least 4 members (excludes halogenated alkanes) is 1. The van der Waals surface area contributed by atoms with Gasteiger partial charge in [-0.15, -0.1) is 11.3 Å². The number of nitrogens with one attached hydrogen (secondary N) is 3. The second-order valence-corrected chi connectivity index (χ2v) is 8.64. The maximum absolute atomic E-state index is 12.3. The summed E-state index contributed by atoms with van der Waals surface area (Å²) in [5.74, 6) is -0.556. The number of ether oxygens (including phenoxy) is 1. The van der Waals surface area contributed by atoms with E-state index in [0.717, 1.165) is 12.8 Å². The molecule has 2 aromatic carbocycles. The molecule has 0 saturated heterocycles. The van der Waals surface area contributed by atoms with Gasteiger partial charge in [0.25, 0.3) is 0 Å². The van der Waals surface area contributed by atoms with E-state index in [0.29, 0.717) is 45.8 Å². The van der Waals surface area contributed by atoms with Gasteiger partial charge in [-0.05, 0) is 55.3 Å². The first kappa shape index (κ1) is 25.2. The van der Waals surface area contributed by atoms with Gasteiger partial charge in [-0.1, -0.05) is 31.0 Å². The number of urea groups is 1. The molecule has 0 aliphatic heterocycles. The average molecular weight is 501 g/mol. The third kappa shape index (κ3) is 8.17. The smallest absolute Gasteiger partial charge is 0.338 e. The number of nitrogens with zero attached hydrogens (tertiary/aromatic N) is 1. The first-order valence-electron chi connectivity index (χ1n) is 10.8. The second kappa shape index (κ2) is 12.7. The van der Waals surface area contributed by atoms with Crippen LogP contribution in [0.3, 0.4) is 0 Å². The Morgan fingerprint density at radius 1 is 1.03 bits per heavy atom. The molecule has 0 radical (unpaired) electrons. The highest BCUT2D eigenvalue weighted by Crippen LogP contribution is 2.19. The fourth-order valence-corrected chi connectivity index (χ4v) is 3.78. The van der Waals surface area contributed by atoms with Crippen molar-refractivity contribution in [2.24, 2.45) is 0 Å². The summed E-state index contributed by atoms with van der Waals surface area (Å²) in [6.45, 7) is 2.42. The van der Waals surface area contributed by atoms with Crippen LogP contribution in [0.4, 0.5) is 21.3 Å². The van der Waals surface area contributed by atoms with E-state index in [9.17, 15) is 14.4 Å². The van der Waals surface area contributed by atoms with Crippen LogP contribution in [0.25, 0.3) is 0 Å². The van der Waals surface area contributed by atoms with Crippen molar-refractivity contribution in [2.45, 2.75) is 32.6 Å². The Balaban J connectivity index is 1.42. The fourth-order valence-electron chi connectivity index (χ4n) is 2.85. The highest BCUT2D eigenvalue weighted by Gasteiger charge is 2.11. The molecule has 1 aromatic heterocycles. The van der Waals surface area contributed by atoms with Crippen LogP contribution >= 0.6 is 22.9 Å². The van der Waals surface area contributed by atoms with Crippen LogP contribution in [0.2, 0.25) is 5.02 Å². The lowest BCUT2D eigenvalue weighted by Crippen LogP contribution is -2.19. The van der Waals surface area contributed by atoms with E-state index in [2.05, 4.69) is 20.9 Å². The first-order chi connectivity index (χ1) is 16.4. The second-order valence-electron chi connectivity index (χ2n) is 7.35. The zero-order chi connectivity index (χ0) is 24.3. The van der Waals surface area contributed by atoms with Gasteiger partial charge >= 0.3 is 12.0 Å². The van der Waals surface area contributed by atoms with Crippen LogP contribution in [0.15, 0.2) is 53.9 Å². The molecule has 3 amide bonds. The predicted octanol–water partition coefficient (Wildman–Crippen LogP) is 5.97. The van der Waals surface area contributed by atoms with E-state index in [1.807, 2.05) is 6.92 Å². The molecule has 0 aliphatic carbocycles. The third-order valence-corrected chi connectivity index (χ3v) is 5.64. The van der Waals surface area contributed by atoms with Crippen molar-refractivity contribution in [1.82, 2.24) is 4.98 Å². The van der Waals surface area contributed by atoms with Crippen molar-refractivity contribution in [2.75, 3.05) is 22.6 Å². The first-order valence-corrected chi connectivity index (χ1v) is 12.0. The topological polar surface area (TPSA) is 109 Å². The summed E-state index contributed by atoms with van der Waals surface area (Å²) in [4.78, 5) is 40.7. The molecule has 0 aliphatic rings. The van der Waals surface area contributed by atoms with Crippen molar-refractivity contribution in [1.29, 1.82) is 0 Å². The quantitative estimate of drug-likeness (QED) is 0.235. The maximum Gasteiger partial charge on any atom is 0.338 e. The van der Waals surface area contributed by atoms with Crippen molar-refractivity contribution < 1.29 is 19.1 Å². The van der Waals surface area contributed by atoms with Crippen LogP contribution in [-0.2, 0) is 16.0 Å². The summed E-state index contributed by atoms with van der Waals surface area (Å²) in [6, 6.07) is 13.0. The molecule has 0 saturated carbocycles. The Morgan fingerprint density at radius 3 is 2.56 bits per heavy atom. The maximum atomic E-state index is 12.3. The van der Waals surface area contributed by atoms with Crippen LogP contribution in [0.1, 0.15) is 42.2 Å². The van der Waals surface area contributed by atoms with E-state index < -0.39 is 6.03 Å². The molecular weight excluding hydrogens is 476 g/mol. The van der Waals surface area contributed by atoms with Gasteiger partial charge in [-0.3, -0.25) is 10.1 Å². The van der Waals surface area contributed by atoms with Crippen LogP contribution < -0.4 is 16.0 Å². The Labute approximate surface area is 206 Å². The molecule has 0 fully saturated rings. The molecule has 3 aromatic rings. The van der Waals surface area contributed by atoms with Gasteiger partial charge in [-0.2, -0.15) is 0 Å². The minimum atomic E-state index is -0.432. The molecule has 8 nitrogen and oxygen atoms in total. The number of esters is 1. The molecular formula is C24H25ClN4O4S. The van der Waals surface area contributed by atoms with Gasteiger partial charge in [0.2, 0.25) is 5.91 Å². The number of carbonyl (C=O) groups excluding carboxylic acids is 3. The third-order valence-electron chi connectivity index (χ3n) is 4.60. The molecule has 0 spiro atoms. The minimum Gasteiger partial charge on any atom is -0.462 e. The average Bonchev–Trinajstić information content (AvgIpc) is 3.25. The number of anilines is 3. The van der Waals surface area contributed by atoms with Crippen LogP contribution in [0, 0.1) is 0 Å². The molecule has 10 heteroatoms. The van der Waals surface area contributed by atoms with E-state index in [4.69, 9.17) is 16.3 Å². The monoisotopic (exact) mass is 500 g/mol. The number of aromatic nitrogens is 1. The summed E-state index contributed by atoms with van der Waals surface area (Å²) >= 11 is 7.18. The zero-order valence-electron chi connectivity index (χ0n) is 18.6. The van der Waals surface area contributed by atoms with E-state index >= 15 is 0 Å². The lowest BCUT2D eigenvalue weighted by molar-refractivity contribution is -0.116. The van der Waals surface area contributed by atoms with Crippen molar-refractivity contribution >= 4 is 57.4 Å². The summed E-state index contributed by atoms with van der Waals surface area (Å²) in [7, 11) is 0. The number of hydrogen-bond donors (Lipinski definition) is 3. The minimum absolute atomic E-state index is 0.181. The molecule has 0 unspecified atom stereocenters. The molecule has 0 bridgehead atoms. The number of rotatable bonds is 10. The van der Waals surface area contributed by atoms with Crippen molar-refractivity contribution in [3.8, 4) is 0 Å². The molecule has 1 heterocycles. The predicted molar refractivity (Wildman–Crippen MR) is 135 cm³/mol. The number of hydrogen-bond acceptors (Lipinski definition) is 6. The number of aryl methyl sites for hydroxylation is 1. The zero-order valence-corrected chi connectivity index (χ0v) is 20.2.